The molecule has 0 bridgehead atoms. The monoisotopic (exact) mass is 608 g/mol. The quantitative estimate of drug-likeness (QED) is 0.270. The van der Waals surface area contributed by atoms with E-state index in [9.17, 15) is 52.7 Å². The van der Waals surface area contributed by atoms with Gasteiger partial charge in [0.25, 0.3) is 0 Å². The largest absolute Gasteiger partial charge is 0.416 e. The van der Waals surface area contributed by atoms with Gasteiger partial charge in [-0.1, -0.05) is 29.6 Å². The van der Waals surface area contributed by atoms with Crippen molar-refractivity contribution in [3.63, 3.8) is 0 Å². The normalized spacial score (nSPS) is 13.2. The van der Waals surface area contributed by atoms with Gasteiger partial charge < -0.3 is 0 Å². The van der Waals surface area contributed by atoms with Crippen LogP contribution in [0.25, 0.3) is 0 Å². The van der Waals surface area contributed by atoms with Gasteiger partial charge in [0.15, 0.2) is 0 Å². The van der Waals surface area contributed by atoms with Gasteiger partial charge in [-0.2, -0.15) is 52.7 Å². The molecule has 0 spiro atoms. The number of alkyl halides is 12. The Morgan fingerprint density at radius 2 is 0.667 bits per heavy atom. The lowest BCUT2D eigenvalue weighted by Crippen LogP contribution is -2.11. The summed E-state index contributed by atoms with van der Waals surface area (Å²) in [5.41, 5.74) is -4.97. The van der Waals surface area contributed by atoms with E-state index in [4.69, 9.17) is 0 Å². The van der Waals surface area contributed by atoms with Gasteiger partial charge >= 0.3 is 24.7 Å². The maximum atomic E-state index is 13.3. The topological polar surface area (TPSA) is 0 Å². The Kier molecular flexibility index (Phi) is 8.35. The van der Waals surface area contributed by atoms with Crippen molar-refractivity contribution in [1.29, 1.82) is 0 Å². The lowest BCUT2D eigenvalue weighted by molar-refractivity contribution is -0.145. The summed E-state index contributed by atoms with van der Waals surface area (Å²) in [6.45, 7) is 4.49. The van der Waals surface area contributed by atoms with Gasteiger partial charge in [0.2, 0.25) is 0 Å². The Morgan fingerprint density at radius 3 is 0.897 bits per heavy atom. The minimum atomic E-state index is -5.07. The SMILES string of the molecule is Cc1cc(C)c(Sc2cc(C(F)(F)F)cc(C(F)(F)F)c2)c(C)c1Sc1cc(C(F)(F)F)cc(C(F)(F)F)c1. The van der Waals surface area contributed by atoms with Crippen LogP contribution in [0.15, 0.2) is 62.0 Å². The smallest absolute Gasteiger partial charge is 0.166 e. The molecule has 0 unspecified atom stereocenters. The van der Waals surface area contributed by atoms with Crippen molar-refractivity contribution < 1.29 is 52.7 Å². The molecule has 0 heterocycles. The Morgan fingerprint density at radius 1 is 0.410 bits per heavy atom. The predicted octanol–water partition coefficient (Wildman–Crippen LogP) is 11.0. The van der Waals surface area contributed by atoms with Gasteiger partial charge in [-0.25, -0.2) is 0 Å². The van der Waals surface area contributed by atoms with E-state index in [1.807, 2.05) is 0 Å². The maximum Gasteiger partial charge on any atom is 0.416 e. The first-order chi connectivity index (χ1) is 17.6. The van der Waals surface area contributed by atoms with Crippen LogP contribution < -0.4 is 0 Å². The Labute approximate surface area is 222 Å². The molecule has 0 aliphatic heterocycles. The van der Waals surface area contributed by atoms with Crippen molar-refractivity contribution in [2.24, 2.45) is 0 Å². The second kappa shape index (κ2) is 10.5. The molecular formula is C25H16F12S2. The van der Waals surface area contributed by atoms with E-state index in [0.717, 1.165) is 0 Å². The summed E-state index contributed by atoms with van der Waals surface area (Å²) in [5.74, 6) is 0. The molecule has 0 N–H and O–H groups in total. The number of benzene rings is 3. The van der Waals surface area contributed by atoms with Crippen LogP contribution in [0.1, 0.15) is 38.9 Å². The van der Waals surface area contributed by atoms with Crippen LogP contribution in [0.5, 0.6) is 0 Å². The molecule has 0 saturated carbocycles. The third kappa shape index (κ3) is 7.38. The molecule has 0 aliphatic rings. The minimum absolute atomic E-state index is 0.0218. The third-order valence-electron chi connectivity index (χ3n) is 5.39. The average Bonchev–Trinajstić information content (AvgIpc) is 2.76. The van der Waals surface area contributed by atoms with Gasteiger partial charge in [0, 0.05) is 19.6 Å². The fraction of sp³-hybridized carbons (Fsp3) is 0.280. The van der Waals surface area contributed by atoms with Gasteiger partial charge in [-0.3, -0.25) is 0 Å². The number of hydrogen-bond acceptors (Lipinski definition) is 2. The van der Waals surface area contributed by atoms with E-state index < -0.39 is 56.7 Å². The highest BCUT2D eigenvalue weighted by Crippen LogP contribution is 2.46. The van der Waals surface area contributed by atoms with E-state index >= 15 is 0 Å². The molecule has 212 valence electrons. The summed E-state index contributed by atoms with van der Waals surface area (Å²) in [6, 6.07) is 3.59. The van der Waals surface area contributed by atoms with Crippen molar-refractivity contribution in [2.45, 2.75) is 65.1 Å². The summed E-state index contributed by atoms with van der Waals surface area (Å²) < 4.78 is 159. The van der Waals surface area contributed by atoms with Crippen LogP contribution in [-0.2, 0) is 24.7 Å². The highest BCUT2D eigenvalue weighted by molar-refractivity contribution is 8.00. The Hall–Kier alpha value is -2.48. The second-order valence-electron chi connectivity index (χ2n) is 8.48. The van der Waals surface area contributed by atoms with Crippen molar-refractivity contribution in [2.75, 3.05) is 0 Å². The Balaban J connectivity index is 2.13. The zero-order valence-electron chi connectivity index (χ0n) is 19.9. The van der Waals surface area contributed by atoms with Crippen molar-refractivity contribution in [1.82, 2.24) is 0 Å². The van der Waals surface area contributed by atoms with Crippen LogP contribution in [0.3, 0.4) is 0 Å². The fourth-order valence-corrected chi connectivity index (χ4v) is 5.90. The molecule has 0 amide bonds. The van der Waals surface area contributed by atoms with Gasteiger partial charge in [-0.15, -0.1) is 0 Å². The van der Waals surface area contributed by atoms with Crippen molar-refractivity contribution in [3.05, 3.63) is 81.4 Å². The van der Waals surface area contributed by atoms with E-state index in [0.29, 0.717) is 58.9 Å². The molecule has 39 heavy (non-hydrogen) atoms. The summed E-state index contributed by atoms with van der Waals surface area (Å²) in [5, 5.41) is 0. The van der Waals surface area contributed by atoms with Crippen LogP contribution in [-0.4, -0.2) is 0 Å². The zero-order chi connectivity index (χ0) is 29.7. The van der Waals surface area contributed by atoms with E-state index in [1.165, 1.54) is 26.8 Å². The summed E-state index contributed by atoms with van der Waals surface area (Å²) in [6.07, 6.45) is -20.3. The van der Waals surface area contributed by atoms with Gasteiger partial charge in [0.1, 0.15) is 0 Å². The first kappa shape index (κ1) is 31.1. The van der Waals surface area contributed by atoms with Crippen molar-refractivity contribution in [3.8, 4) is 0 Å². The van der Waals surface area contributed by atoms with Crippen LogP contribution in [0.2, 0.25) is 0 Å². The first-order valence-electron chi connectivity index (χ1n) is 10.6. The van der Waals surface area contributed by atoms with Gasteiger partial charge in [0.05, 0.1) is 22.3 Å². The predicted molar refractivity (Wildman–Crippen MR) is 122 cm³/mol. The van der Waals surface area contributed by atoms with Crippen LogP contribution in [0.4, 0.5) is 52.7 Å². The van der Waals surface area contributed by atoms with Crippen LogP contribution >= 0.6 is 23.5 Å². The molecule has 0 radical (unpaired) electrons. The number of rotatable bonds is 4. The zero-order valence-corrected chi connectivity index (χ0v) is 21.5. The number of aryl methyl sites for hydroxylation is 2. The molecule has 3 aromatic carbocycles. The van der Waals surface area contributed by atoms with Crippen LogP contribution in [0, 0.1) is 20.8 Å². The molecule has 3 rings (SSSR count). The maximum absolute atomic E-state index is 13.3. The molecule has 0 aliphatic carbocycles. The molecule has 0 aromatic heterocycles. The molecule has 0 saturated heterocycles. The Bertz CT molecular complexity index is 1210. The van der Waals surface area contributed by atoms with E-state index in [-0.39, 0.29) is 27.5 Å². The lowest BCUT2D eigenvalue weighted by Gasteiger charge is -2.19. The number of hydrogen-bond donors (Lipinski definition) is 0. The molecular weight excluding hydrogens is 592 g/mol. The second-order valence-corrected chi connectivity index (χ2v) is 10.6. The fourth-order valence-electron chi connectivity index (χ4n) is 3.67. The van der Waals surface area contributed by atoms with Gasteiger partial charge in [-0.05, 0) is 73.9 Å². The molecule has 14 heteroatoms. The molecule has 3 aromatic rings. The minimum Gasteiger partial charge on any atom is -0.166 e. The third-order valence-corrected chi connectivity index (χ3v) is 8.00. The number of halogens is 12. The van der Waals surface area contributed by atoms with E-state index in [1.54, 1.807) is 0 Å². The molecule has 0 nitrogen and oxygen atoms in total. The summed E-state index contributed by atoms with van der Waals surface area (Å²) in [7, 11) is 0. The highest BCUT2D eigenvalue weighted by Gasteiger charge is 2.38. The summed E-state index contributed by atoms with van der Waals surface area (Å²) >= 11 is 1.15. The first-order valence-corrected chi connectivity index (χ1v) is 12.3. The molecule has 0 atom stereocenters. The average molecular weight is 609 g/mol. The highest BCUT2D eigenvalue weighted by atomic mass is 32.2. The van der Waals surface area contributed by atoms with Crippen molar-refractivity contribution >= 4 is 23.5 Å². The standard InChI is InChI=1S/C25H16F12S2/c1-11-4-12(2)21(39-19-9-16(24(32,33)34)6-17(10-19)25(35,36)37)13(3)20(11)38-18-7-14(22(26,27)28)5-15(8-18)23(29,30)31/h4-10H,1-3H3. The lowest BCUT2D eigenvalue weighted by atomic mass is 10.1. The summed E-state index contributed by atoms with van der Waals surface area (Å²) in [4.78, 5) is -0.389. The molecule has 0 fully saturated rings. The van der Waals surface area contributed by atoms with E-state index in [2.05, 4.69) is 0 Å².